The van der Waals surface area contributed by atoms with Gasteiger partial charge in [-0.3, -0.25) is 4.79 Å². The molecule has 0 amide bonds. The van der Waals surface area contributed by atoms with Crippen LogP contribution in [0.4, 0.5) is 0 Å². The highest BCUT2D eigenvalue weighted by Crippen LogP contribution is 2.68. The lowest BCUT2D eigenvalue weighted by Gasteiger charge is -2.30. The fourth-order valence-corrected chi connectivity index (χ4v) is 5.80. The van der Waals surface area contributed by atoms with Crippen LogP contribution in [0.5, 0.6) is 0 Å². The predicted molar refractivity (Wildman–Crippen MR) is 94.9 cm³/mol. The van der Waals surface area contributed by atoms with E-state index >= 15 is 0 Å². The highest BCUT2D eigenvalue weighted by Gasteiger charge is 2.76. The molecule has 25 heavy (non-hydrogen) atoms. The van der Waals surface area contributed by atoms with Gasteiger partial charge in [0.1, 0.15) is 12.2 Å². The van der Waals surface area contributed by atoms with E-state index < -0.39 is 17.9 Å². The molecule has 4 rings (SSSR count). The minimum atomic E-state index is -0.662. The molecular weight excluding hydrogens is 364 g/mol. The molecule has 6 atom stereocenters. The van der Waals surface area contributed by atoms with Crippen molar-refractivity contribution in [3.63, 3.8) is 0 Å². The van der Waals surface area contributed by atoms with Crippen LogP contribution in [0.3, 0.4) is 0 Å². The highest BCUT2D eigenvalue weighted by molar-refractivity contribution is 8.82. The first-order chi connectivity index (χ1) is 11.7. The normalized spacial score (nSPS) is 46.5. The van der Waals surface area contributed by atoms with Crippen LogP contribution in [-0.4, -0.2) is 54.2 Å². The van der Waals surface area contributed by atoms with Crippen molar-refractivity contribution in [1.82, 2.24) is 0 Å². The van der Waals surface area contributed by atoms with Crippen LogP contribution in [-0.2, 0) is 28.5 Å². The van der Waals surface area contributed by atoms with Crippen molar-refractivity contribution in [1.29, 1.82) is 0 Å². The summed E-state index contributed by atoms with van der Waals surface area (Å²) in [5.74, 6) is -1.03. The molecule has 0 N–H and O–H groups in total. The highest BCUT2D eigenvalue weighted by atomic mass is 33.1. The van der Waals surface area contributed by atoms with E-state index in [0.717, 1.165) is 6.42 Å². The second-order valence-corrected chi connectivity index (χ2v) is 10.6. The molecule has 3 heterocycles. The second kappa shape index (κ2) is 6.09. The zero-order valence-electron chi connectivity index (χ0n) is 15.3. The van der Waals surface area contributed by atoms with E-state index in [2.05, 4.69) is 0 Å². The maximum Gasteiger partial charge on any atom is 0.199 e. The molecule has 8 heteroatoms. The summed E-state index contributed by atoms with van der Waals surface area (Å²) in [5.41, 5.74) is -0.221. The lowest BCUT2D eigenvalue weighted by atomic mass is 9.88. The zero-order valence-corrected chi connectivity index (χ0v) is 16.9. The fraction of sp³-hybridized carbons (Fsp3) is 0.941. The molecule has 4 aliphatic rings. The standard InChI is InChI=1S/C17H26O6S2/c1-15(2)19-8-10(21-15)12-17(7-9(17)6-11(18)25-24-5)13-14(20-12)23-16(3,4)22-13/h9-10,12-14H,6-8H2,1-5H3/t9-,10+,12+,13-,14+,17+/m0/s1. The molecule has 4 fully saturated rings. The van der Waals surface area contributed by atoms with E-state index in [1.807, 2.05) is 34.0 Å². The topological polar surface area (TPSA) is 63.2 Å². The number of hydrogen-bond donors (Lipinski definition) is 0. The van der Waals surface area contributed by atoms with E-state index in [-0.39, 0.29) is 34.8 Å². The molecule has 1 aliphatic carbocycles. The minimum absolute atomic E-state index is 0.156. The van der Waals surface area contributed by atoms with Crippen LogP contribution in [0, 0.1) is 11.3 Å². The maximum absolute atomic E-state index is 12.2. The molecule has 3 aliphatic heterocycles. The molecule has 3 saturated heterocycles. The summed E-state index contributed by atoms with van der Waals surface area (Å²) in [6.07, 6.45) is 2.47. The zero-order chi connectivity index (χ0) is 18.0. The van der Waals surface area contributed by atoms with Crippen molar-refractivity contribution in [3.8, 4) is 0 Å². The van der Waals surface area contributed by atoms with Gasteiger partial charge in [-0.25, -0.2) is 0 Å². The van der Waals surface area contributed by atoms with Gasteiger partial charge in [-0.15, -0.1) is 0 Å². The van der Waals surface area contributed by atoms with E-state index in [1.165, 1.54) is 21.6 Å². The largest absolute Gasteiger partial charge is 0.348 e. The van der Waals surface area contributed by atoms with Crippen LogP contribution < -0.4 is 0 Å². The van der Waals surface area contributed by atoms with E-state index in [9.17, 15) is 4.79 Å². The monoisotopic (exact) mass is 390 g/mol. The molecule has 1 spiro atoms. The van der Waals surface area contributed by atoms with Crippen LogP contribution in [0.2, 0.25) is 0 Å². The van der Waals surface area contributed by atoms with Gasteiger partial charge in [-0.1, -0.05) is 10.8 Å². The van der Waals surface area contributed by atoms with Crippen molar-refractivity contribution in [2.45, 2.75) is 76.7 Å². The maximum atomic E-state index is 12.2. The van der Waals surface area contributed by atoms with Crippen LogP contribution in [0.25, 0.3) is 0 Å². The fourth-order valence-electron chi connectivity index (χ4n) is 4.58. The van der Waals surface area contributed by atoms with E-state index in [0.29, 0.717) is 13.0 Å². The Balaban J connectivity index is 1.55. The van der Waals surface area contributed by atoms with Crippen molar-refractivity contribution in [3.05, 3.63) is 0 Å². The summed E-state index contributed by atoms with van der Waals surface area (Å²) in [5, 5.41) is 0.207. The van der Waals surface area contributed by atoms with Crippen LogP contribution >= 0.6 is 21.6 Å². The Hall–Kier alpha value is 0.170. The van der Waals surface area contributed by atoms with Gasteiger partial charge in [0, 0.05) is 11.8 Å². The van der Waals surface area contributed by atoms with Gasteiger partial charge in [0.15, 0.2) is 23.0 Å². The molecule has 6 nitrogen and oxygen atoms in total. The van der Waals surface area contributed by atoms with Crippen LogP contribution in [0.1, 0.15) is 40.5 Å². The van der Waals surface area contributed by atoms with Crippen molar-refractivity contribution in [2.24, 2.45) is 11.3 Å². The molecule has 0 aromatic carbocycles. The average molecular weight is 391 g/mol. The smallest absolute Gasteiger partial charge is 0.199 e. The molecule has 142 valence electrons. The summed E-state index contributed by atoms with van der Waals surface area (Å²) in [7, 11) is 2.80. The Morgan fingerprint density at radius 1 is 1.08 bits per heavy atom. The molecule has 0 aromatic heterocycles. The van der Waals surface area contributed by atoms with E-state index in [4.69, 9.17) is 23.7 Å². The molecule has 0 aromatic rings. The summed E-state index contributed by atoms with van der Waals surface area (Å²) in [6.45, 7) is 8.12. The third-order valence-electron chi connectivity index (χ3n) is 5.56. The summed E-state index contributed by atoms with van der Waals surface area (Å²) in [6, 6.07) is 0. The number of rotatable bonds is 4. The van der Waals surface area contributed by atoms with Gasteiger partial charge in [0.05, 0.1) is 12.7 Å². The number of fused-ring (bicyclic) bond motifs is 2. The Labute approximate surface area is 156 Å². The van der Waals surface area contributed by atoms with E-state index in [1.54, 1.807) is 0 Å². The summed E-state index contributed by atoms with van der Waals surface area (Å²) < 4.78 is 30.2. The Bertz CT molecular complexity index is 567. The Morgan fingerprint density at radius 2 is 1.84 bits per heavy atom. The first kappa shape index (κ1) is 18.5. The van der Waals surface area contributed by atoms with Crippen molar-refractivity contribution in [2.75, 3.05) is 12.9 Å². The SMILES string of the molecule is CSSC(=O)C[C@H]1C[C@]12[C@@H]([C@H]1COC(C)(C)O1)O[C@@H]1OC(C)(C)O[C@@H]12. The third-order valence-corrected chi connectivity index (χ3v) is 7.13. The van der Waals surface area contributed by atoms with Crippen molar-refractivity contribution < 1.29 is 28.5 Å². The Morgan fingerprint density at radius 3 is 2.48 bits per heavy atom. The lowest BCUT2D eigenvalue weighted by molar-refractivity contribution is -0.230. The number of carbonyl (C=O) groups excluding carboxylic acids is 1. The number of ether oxygens (including phenoxy) is 5. The van der Waals surface area contributed by atoms with Gasteiger partial charge < -0.3 is 23.7 Å². The summed E-state index contributed by atoms with van der Waals surface area (Å²) >= 11 is 0. The van der Waals surface area contributed by atoms with Gasteiger partial charge in [0.25, 0.3) is 0 Å². The first-order valence-corrected chi connectivity index (χ1v) is 11.3. The molecule has 0 bridgehead atoms. The minimum Gasteiger partial charge on any atom is -0.348 e. The quantitative estimate of drug-likeness (QED) is 0.679. The average Bonchev–Trinajstić information content (AvgIpc) is 2.75. The predicted octanol–water partition coefficient (Wildman–Crippen LogP) is 2.95. The summed E-state index contributed by atoms with van der Waals surface area (Å²) in [4.78, 5) is 12.2. The van der Waals surface area contributed by atoms with Gasteiger partial charge in [-0.2, -0.15) is 0 Å². The third kappa shape index (κ3) is 3.17. The molecule has 1 saturated carbocycles. The molecule has 0 radical (unpaired) electrons. The van der Waals surface area contributed by atoms with Gasteiger partial charge in [-0.05, 0) is 57.1 Å². The second-order valence-electron chi connectivity index (χ2n) is 8.19. The number of carbonyl (C=O) groups is 1. The Kier molecular flexibility index (Phi) is 4.51. The van der Waals surface area contributed by atoms with Crippen molar-refractivity contribution >= 4 is 26.7 Å². The number of hydrogen-bond acceptors (Lipinski definition) is 8. The van der Waals surface area contributed by atoms with Gasteiger partial charge >= 0.3 is 0 Å². The molecule has 0 unspecified atom stereocenters. The lowest BCUT2D eigenvalue weighted by Crippen LogP contribution is -2.41. The van der Waals surface area contributed by atoms with Crippen LogP contribution in [0.15, 0.2) is 0 Å². The van der Waals surface area contributed by atoms with Gasteiger partial charge in [0.2, 0.25) is 0 Å². The molecular formula is C17H26O6S2. The first-order valence-electron chi connectivity index (χ1n) is 8.73.